The number of hydrogen-bond donors (Lipinski definition) is 3. The summed E-state index contributed by atoms with van der Waals surface area (Å²) < 4.78 is 5.76. The van der Waals surface area contributed by atoms with Gasteiger partial charge >= 0.3 is 0 Å². The molecule has 1 saturated heterocycles. The van der Waals surface area contributed by atoms with E-state index in [-0.39, 0.29) is 0 Å². The molecule has 0 saturated carbocycles. The molecule has 2 aromatic rings. The fourth-order valence-corrected chi connectivity index (χ4v) is 2.81. The maximum absolute atomic E-state index is 5.76. The van der Waals surface area contributed by atoms with Crippen LogP contribution in [0.1, 0.15) is 37.4 Å². The average molecular weight is 288 g/mol. The largest absolute Gasteiger partial charge is 0.494 e. The average Bonchev–Trinajstić information content (AvgIpc) is 2.96. The highest BCUT2D eigenvalue weighted by Crippen LogP contribution is 2.25. The highest BCUT2D eigenvalue weighted by atomic mass is 16.5. The SMILES string of the molecule is NCCCCOc1ccc2nc(C3CCCNC3)[nH]c2c1. The molecule has 1 fully saturated rings. The molecule has 0 spiro atoms. The predicted molar refractivity (Wildman–Crippen MR) is 84.7 cm³/mol. The van der Waals surface area contributed by atoms with Crippen LogP contribution in [-0.4, -0.2) is 36.2 Å². The summed E-state index contributed by atoms with van der Waals surface area (Å²) in [5.41, 5.74) is 7.56. The number of unbranched alkanes of at least 4 members (excludes halogenated alkanes) is 1. The molecule has 2 heterocycles. The summed E-state index contributed by atoms with van der Waals surface area (Å²) in [5.74, 6) is 2.49. The van der Waals surface area contributed by atoms with Crippen molar-refractivity contribution in [1.29, 1.82) is 0 Å². The first-order valence-corrected chi connectivity index (χ1v) is 7.90. The number of aromatic nitrogens is 2. The number of nitrogens with one attached hydrogen (secondary N) is 2. The van der Waals surface area contributed by atoms with E-state index >= 15 is 0 Å². The van der Waals surface area contributed by atoms with Gasteiger partial charge in [0, 0.05) is 18.5 Å². The van der Waals surface area contributed by atoms with Gasteiger partial charge in [0.25, 0.3) is 0 Å². The van der Waals surface area contributed by atoms with Gasteiger partial charge in [-0.15, -0.1) is 0 Å². The minimum atomic E-state index is 0.500. The van der Waals surface area contributed by atoms with Gasteiger partial charge in [-0.1, -0.05) is 0 Å². The van der Waals surface area contributed by atoms with E-state index in [2.05, 4.69) is 10.3 Å². The van der Waals surface area contributed by atoms with E-state index in [0.29, 0.717) is 5.92 Å². The van der Waals surface area contributed by atoms with Crippen LogP contribution in [0.3, 0.4) is 0 Å². The third-order valence-corrected chi connectivity index (χ3v) is 4.02. The monoisotopic (exact) mass is 288 g/mol. The second-order valence-electron chi connectivity index (χ2n) is 5.69. The predicted octanol–water partition coefficient (Wildman–Crippen LogP) is 2.15. The number of fused-ring (bicyclic) bond motifs is 1. The molecule has 1 unspecified atom stereocenters. The van der Waals surface area contributed by atoms with Crippen LogP contribution >= 0.6 is 0 Å². The molecular formula is C16H24N4O. The summed E-state index contributed by atoms with van der Waals surface area (Å²) >= 11 is 0. The molecule has 5 heteroatoms. The van der Waals surface area contributed by atoms with Crippen molar-refractivity contribution >= 4 is 11.0 Å². The van der Waals surface area contributed by atoms with Crippen molar-refractivity contribution in [3.63, 3.8) is 0 Å². The van der Waals surface area contributed by atoms with E-state index < -0.39 is 0 Å². The molecule has 0 amide bonds. The van der Waals surface area contributed by atoms with E-state index in [4.69, 9.17) is 15.5 Å². The number of rotatable bonds is 6. The molecule has 0 radical (unpaired) electrons. The van der Waals surface area contributed by atoms with E-state index in [1.54, 1.807) is 0 Å². The van der Waals surface area contributed by atoms with Gasteiger partial charge in [0.15, 0.2) is 0 Å². The fourth-order valence-electron chi connectivity index (χ4n) is 2.81. The molecule has 0 bridgehead atoms. The van der Waals surface area contributed by atoms with Crippen molar-refractivity contribution in [2.24, 2.45) is 5.73 Å². The number of hydrogen-bond acceptors (Lipinski definition) is 4. The Morgan fingerprint density at radius 1 is 1.33 bits per heavy atom. The molecule has 1 aromatic heterocycles. The van der Waals surface area contributed by atoms with Crippen LogP contribution in [0.4, 0.5) is 0 Å². The van der Waals surface area contributed by atoms with Crippen molar-refractivity contribution in [3.05, 3.63) is 24.0 Å². The van der Waals surface area contributed by atoms with Crippen LogP contribution in [0, 0.1) is 0 Å². The molecule has 1 aliphatic heterocycles. The maximum Gasteiger partial charge on any atom is 0.121 e. The number of piperidine rings is 1. The lowest BCUT2D eigenvalue weighted by molar-refractivity contribution is 0.308. The van der Waals surface area contributed by atoms with E-state index in [0.717, 1.165) is 61.7 Å². The lowest BCUT2D eigenvalue weighted by Crippen LogP contribution is -2.28. The van der Waals surface area contributed by atoms with E-state index in [1.807, 2.05) is 18.2 Å². The highest BCUT2D eigenvalue weighted by molar-refractivity contribution is 5.76. The summed E-state index contributed by atoms with van der Waals surface area (Å²) in [7, 11) is 0. The Kier molecular flexibility index (Phi) is 4.72. The first kappa shape index (κ1) is 14.4. The molecule has 5 nitrogen and oxygen atoms in total. The maximum atomic E-state index is 5.76. The van der Waals surface area contributed by atoms with Crippen molar-refractivity contribution in [2.75, 3.05) is 26.2 Å². The zero-order chi connectivity index (χ0) is 14.5. The summed E-state index contributed by atoms with van der Waals surface area (Å²) in [6.07, 6.45) is 4.42. The van der Waals surface area contributed by atoms with Gasteiger partial charge < -0.3 is 20.8 Å². The summed E-state index contributed by atoms with van der Waals surface area (Å²) in [6, 6.07) is 6.07. The molecule has 0 aliphatic carbocycles. The standard InChI is InChI=1S/C16H24N4O/c17-7-1-2-9-21-13-5-6-14-15(10-13)20-16(19-14)12-4-3-8-18-11-12/h5-6,10,12,18H,1-4,7-9,11,17H2,(H,19,20). The Labute approximate surface area is 125 Å². The molecule has 4 N–H and O–H groups in total. The Morgan fingerprint density at radius 2 is 2.29 bits per heavy atom. The number of aromatic amines is 1. The van der Waals surface area contributed by atoms with Gasteiger partial charge in [-0.3, -0.25) is 0 Å². The van der Waals surface area contributed by atoms with Crippen LogP contribution in [0.15, 0.2) is 18.2 Å². The highest BCUT2D eigenvalue weighted by Gasteiger charge is 2.18. The van der Waals surface area contributed by atoms with Crippen molar-refractivity contribution in [2.45, 2.75) is 31.6 Å². The van der Waals surface area contributed by atoms with Gasteiger partial charge in [-0.05, 0) is 50.9 Å². The fraction of sp³-hybridized carbons (Fsp3) is 0.562. The van der Waals surface area contributed by atoms with Crippen LogP contribution in [0.2, 0.25) is 0 Å². The van der Waals surface area contributed by atoms with Gasteiger partial charge in [0.2, 0.25) is 0 Å². The number of imidazole rings is 1. The zero-order valence-electron chi connectivity index (χ0n) is 12.4. The topological polar surface area (TPSA) is 76.0 Å². The van der Waals surface area contributed by atoms with E-state index in [1.165, 1.54) is 12.8 Å². The van der Waals surface area contributed by atoms with Crippen molar-refractivity contribution in [1.82, 2.24) is 15.3 Å². The van der Waals surface area contributed by atoms with Crippen LogP contribution < -0.4 is 15.8 Å². The number of nitrogens with zero attached hydrogens (tertiary/aromatic N) is 1. The number of H-pyrrole nitrogens is 1. The molecule has 1 aromatic carbocycles. The van der Waals surface area contributed by atoms with Crippen LogP contribution in [0.25, 0.3) is 11.0 Å². The summed E-state index contributed by atoms with van der Waals surface area (Å²) in [6.45, 7) is 3.58. The molecule has 1 aliphatic rings. The smallest absolute Gasteiger partial charge is 0.121 e. The third-order valence-electron chi connectivity index (χ3n) is 4.02. The summed E-state index contributed by atoms with van der Waals surface area (Å²) in [4.78, 5) is 8.18. The van der Waals surface area contributed by atoms with E-state index in [9.17, 15) is 0 Å². The normalized spacial score (nSPS) is 19.0. The van der Waals surface area contributed by atoms with Gasteiger partial charge in [-0.25, -0.2) is 4.98 Å². The molecule has 114 valence electrons. The summed E-state index contributed by atoms with van der Waals surface area (Å²) in [5, 5.41) is 3.43. The van der Waals surface area contributed by atoms with Gasteiger partial charge in [-0.2, -0.15) is 0 Å². The molecule has 21 heavy (non-hydrogen) atoms. The number of benzene rings is 1. The first-order valence-electron chi connectivity index (χ1n) is 7.90. The minimum Gasteiger partial charge on any atom is -0.494 e. The number of ether oxygens (including phenoxy) is 1. The van der Waals surface area contributed by atoms with Crippen molar-refractivity contribution < 1.29 is 4.74 Å². The van der Waals surface area contributed by atoms with Crippen LogP contribution in [-0.2, 0) is 0 Å². The Hall–Kier alpha value is -1.59. The first-order chi connectivity index (χ1) is 10.4. The second kappa shape index (κ2) is 6.91. The third kappa shape index (κ3) is 3.54. The van der Waals surface area contributed by atoms with Crippen molar-refractivity contribution in [3.8, 4) is 5.75 Å². The van der Waals surface area contributed by atoms with Crippen LogP contribution in [0.5, 0.6) is 5.75 Å². The number of nitrogens with two attached hydrogens (primary N) is 1. The Morgan fingerprint density at radius 3 is 3.10 bits per heavy atom. The Bertz CT molecular complexity index is 575. The lowest BCUT2D eigenvalue weighted by atomic mass is 9.99. The van der Waals surface area contributed by atoms with Gasteiger partial charge in [0.1, 0.15) is 11.6 Å². The molecule has 3 rings (SSSR count). The lowest BCUT2D eigenvalue weighted by Gasteiger charge is -2.20. The second-order valence-corrected chi connectivity index (χ2v) is 5.69. The quantitative estimate of drug-likeness (QED) is 0.712. The minimum absolute atomic E-state index is 0.500. The van der Waals surface area contributed by atoms with Gasteiger partial charge in [0.05, 0.1) is 17.6 Å². The zero-order valence-corrected chi connectivity index (χ0v) is 12.4. The Balaban J connectivity index is 1.69. The molecular weight excluding hydrogens is 264 g/mol. The molecule has 1 atom stereocenters.